The number of thiazole rings is 1. The molecule has 0 radical (unpaired) electrons. The van der Waals surface area contributed by atoms with Gasteiger partial charge in [0.25, 0.3) is 0 Å². The third kappa shape index (κ3) is 4.34. The average molecular weight is 287 g/mol. The summed E-state index contributed by atoms with van der Waals surface area (Å²) in [4.78, 5) is 4.26. The molecule has 4 nitrogen and oxygen atoms in total. The summed E-state index contributed by atoms with van der Waals surface area (Å²) in [5.74, 6) is 0.727. The van der Waals surface area contributed by atoms with E-state index in [9.17, 15) is 0 Å². The standard InChI is InChI=1S/C15H17N3OS/c1-12(17-8-6-14-10-20-11-18-14)13-2-4-15(5-3-13)19-9-7-16/h2-5,10-12,17H,6,8-9H2,1H3. The van der Waals surface area contributed by atoms with Gasteiger partial charge in [0.1, 0.15) is 11.8 Å². The van der Waals surface area contributed by atoms with E-state index in [0.29, 0.717) is 0 Å². The van der Waals surface area contributed by atoms with Crippen LogP contribution in [0.5, 0.6) is 5.75 Å². The summed E-state index contributed by atoms with van der Waals surface area (Å²) < 4.78 is 5.23. The summed E-state index contributed by atoms with van der Waals surface area (Å²) in [6, 6.07) is 10.1. The van der Waals surface area contributed by atoms with Crippen molar-refractivity contribution in [1.82, 2.24) is 10.3 Å². The summed E-state index contributed by atoms with van der Waals surface area (Å²) in [5.41, 5.74) is 4.20. The maximum absolute atomic E-state index is 8.46. The quantitative estimate of drug-likeness (QED) is 0.850. The number of hydrogen-bond donors (Lipinski definition) is 1. The van der Waals surface area contributed by atoms with Gasteiger partial charge in [0.15, 0.2) is 6.61 Å². The number of nitrogens with zero attached hydrogens (tertiary/aromatic N) is 2. The van der Waals surface area contributed by atoms with Gasteiger partial charge in [-0.2, -0.15) is 5.26 Å². The van der Waals surface area contributed by atoms with Crippen molar-refractivity contribution < 1.29 is 4.74 Å². The summed E-state index contributed by atoms with van der Waals surface area (Å²) in [5, 5.41) is 14.0. The zero-order valence-electron chi connectivity index (χ0n) is 11.4. The second-order valence-corrected chi connectivity index (χ2v) is 5.14. The van der Waals surface area contributed by atoms with Crippen LogP contribution in [0.4, 0.5) is 0 Å². The van der Waals surface area contributed by atoms with E-state index in [-0.39, 0.29) is 12.6 Å². The largest absolute Gasteiger partial charge is 0.479 e. The Balaban J connectivity index is 1.79. The van der Waals surface area contributed by atoms with Crippen molar-refractivity contribution in [1.29, 1.82) is 5.26 Å². The Morgan fingerprint density at radius 3 is 2.85 bits per heavy atom. The number of nitrogens with one attached hydrogen (secondary N) is 1. The predicted octanol–water partition coefficient (Wildman–Crippen LogP) is 2.94. The van der Waals surface area contributed by atoms with Crippen LogP contribution < -0.4 is 10.1 Å². The molecule has 1 unspecified atom stereocenters. The van der Waals surface area contributed by atoms with Gasteiger partial charge in [-0.25, -0.2) is 4.98 Å². The van der Waals surface area contributed by atoms with E-state index in [2.05, 4.69) is 22.6 Å². The predicted molar refractivity (Wildman–Crippen MR) is 79.8 cm³/mol. The first-order valence-electron chi connectivity index (χ1n) is 6.50. The second kappa shape index (κ2) is 7.63. The van der Waals surface area contributed by atoms with Crippen molar-refractivity contribution >= 4 is 11.3 Å². The van der Waals surface area contributed by atoms with Crippen molar-refractivity contribution in [3.63, 3.8) is 0 Å². The Hall–Kier alpha value is -1.90. The van der Waals surface area contributed by atoms with Crippen LogP contribution >= 0.6 is 11.3 Å². The molecule has 2 aromatic rings. The molecule has 5 heteroatoms. The molecule has 0 aliphatic heterocycles. The number of hydrogen-bond acceptors (Lipinski definition) is 5. The molecule has 0 spiro atoms. The number of benzene rings is 1. The highest BCUT2D eigenvalue weighted by Crippen LogP contribution is 2.17. The Morgan fingerprint density at radius 1 is 1.40 bits per heavy atom. The molecule has 0 saturated carbocycles. The summed E-state index contributed by atoms with van der Waals surface area (Å²) in [7, 11) is 0. The minimum Gasteiger partial charge on any atom is -0.479 e. The highest BCUT2D eigenvalue weighted by Gasteiger charge is 2.05. The van der Waals surface area contributed by atoms with Crippen LogP contribution in [0, 0.1) is 11.3 Å². The van der Waals surface area contributed by atoms with E-state index < -0.39 is 0 Å². The molecule has 1 atom stereocenters. The van der Waals surface area contributed by atoms with E-state index >= 15 is 0 Å². The minimum atomic E-state index is 0.0841. The molecule has 1 aromatic carbocycles. The van der Waals surface area contributed by atoms with E-state index in [4.69, 9.17) is 10.00 Å². The molecule has 20 heavy (non-hydrogen) atoms. The Labute approximate surface area is 123 Å². The molecular weight excluding hydrogens is 270 g/mol. The van der Waals surface area contributed by atoms with Gasteiger partial charge in [0.2, 0.25) is 0 Å². The third-order valence-electron chi connectivity index (χ3n) is 3.00. The number of rotatable bonds is 7. The monoisotopic (exact) mass is 287 g/mol. The van der Waals surface area contributed by atoms with Crippen molar-refractivity contribution in [2.45, 2.75) is 19.4 Å². The lowest BCUT2D eigenvalue weighted by molar-refractivity contribution is 0.368. The molecular formula is C15H17N3OS. The number of nitriles is 1. The first kappa shape index (κ1) is 14.5. The van der Waals surface area contributed by atoms with Crippen molar-refractivity contribution in [2.24, 2.45) is 0 Å². The first-order chi connectivity index (χ1) is 9.79. The van der Waals surface area contributed by atoms with E-state index in [0.717, 1.165) is 24.4 Å². The second-order valence-electron chi connectivity index (χ2n) is 4.42. The Bertz CT molecular complexity index is 545. The Morgan fingerprint density at radius 2 is 2.20 bits per heavy atom. The molecule has 0 saturated heterocycles. The lowest BCUT2D eigenvalue weighted by atomic mass is 10.1. The highest BCUT2D eigenvalue weighted by atomic mass is 32.1. The molecule has 1 heterocycles. The van der Waals surface area contributed by atoms with E-state index in [1.54, 1.807) is 11.3 Å². The van der Waals surface area contributed by atoms with Crippen LogP contribution in [0.2, 0.25) is 0 Å². The van der Waals surface area contributed by atoms with E-state index in [1.165, 1.54) is 5.56 Å². The molecule has 1 N–H and O–H groups in total. The van der Waals surface area contributed by atoms with Crippen molar-refractivity contribution in [3.05, 3.63) is 46.4 Å². The lowest BCUT2D eigenvalue weighted by Gasteiger charge is -2.14. The summed E-state index contributed by atoms with van der Waals surface area (Å²) in [6.45, 7) is 3.12. The van der Waals surface area contributed by atoms with Gasteiger partial charge in [-0.15, -0.1) is 11.3 Å². The topological polar surface area (TPSA) is 57.9 Å². The Kier molecular flexibility index (Phi) is 5.54. The van der Waals surface area contributed by atoms with Crippen LogP contribution in [0.1, 0.15) is 24.2 Å². The van der Waals surface area contributed by atoms with Crippen LogP contribution in [0.15, 0.2) is 35.2 Å². The molecule has 0 aliphatic rings. The van der Waals surface area contributed by atoms with Gasteiger partial charge in [0, 0.05) is 24.4 Å². The number of ether oxygens (including phenoxy) is 1. The summed E-state index contributed by atoms with van der Waals surface area (Å²) >= 11 is 1.63. The fraction of sp³-hybridized carbons (Fsp3) is 0.333. The van der Waals surface area contributed by atoms with Gasteiger partial charge < -0.3 is 10.1 Å². The normalized spacial score (nSPS) is 11.8. The molecule has 0 bridgehead atoms. The van der Waals surface area contributed by atoms with Crippen molar-refractivity contribution in [3.8, 4) is 11.8 Å². The lowest BCUT2D eigenvalue weighted by Crippen LogP contribution is -2.21. The molecule has 104 valence electrons. The molecule has 1 aromatic heterocycles. The maximum Gasteiger partial charge on any atom is 0.174 e. The molecule has 0 amide bonds. The first-order valence-corrected chi connectivity index (χ1v) is 7.44. The zero-order valence-corrected chi connectivity index (χ0v) is 12.2. The summed E-state index contributed by atoms with van der Waals surface area (Å²) in [6.07, 6.45) is 0.942. The zero-order chi connectivity index (χ0) is 14.2. The maximum atomic E-state index is 8.46. The van der Waals surface area contributed by atoms with Crippen molar-refractivity contribution in [2.75, 3.05) is 13.2 Å². The van der Waals surface area contributed by atoms with Gasteiger partial charge in [-0.1, -0.05) is 12.1 Å². The van der Waals surface area contributed by atoms with Crippen LogP contribution in [0.3, 0.4) is 0 Å². The van der Waals surface area contributed by atoms with Gasteiger partial charge in [0.05, 0.1) is 11.2 Å². The molecule has 2 rings (SSSR count). The third-order valence-corrected chi connectivity index (χ3v) is 3.63. The average Bonchev–Trinajstić information content (AvgIpc) is 2.99. The van der Waals surface area contributed by atoms with Gasteiger partial charge in [-0.3, -0.25) is 0 Å². The number of aromatic nitrogens is 1. The fourth-order valence-electron chi connectivity index (χ4n) is 1.86. The van der Waals surface area contributed by atoms with E-state index in [1.807, 2.05) is 35.8 Å². The minimum absolute atomic E-state index is 0.0841. The van der Waals surface area contributed by atoms with Crippen LogP contribution in [0.25, 0.3) is 0 Å². The SMILES string of the molecule is CC(NCCc1cscn1)c1ccc(OCC#N)cc1. The fourth-order valence-corrected chi connectivity index (χ4v) is 2.46. The van der Waals surface area contributed by atoms with Crippen LogP contribution in [-0.2, 0) is 6.42 Å². The highest BCUT2D eigenvalue weighted by molar-refractivity contribution is 7.07. The van der Waals surface area contributed by atoms with Gasteiger partial charge in [-0.05, 0) is 24.6 Å². The smallest absolute Gasteiger partial charge is 0.174 e. The van der Waals surface area contributed by atoms with Crippen LogP contribution in [-0.4, -0.2) is 18.1 Å². The molecule has 0 aliphatic carbocycles. The molecule has 0 fully saturated rings. The van der Waals surface area contributed by atoms with Gasteiger partial charge >= 0.3 is 0 Å².